The summed E-state index contributed by atoms with van der Waals surface area (Å²) in [5, 5.41) is 17.7. The van der Waals surface area contributed by atoms with Gasteiger partial charge in [0.2, 0.25) is 10.0 Å². The normalized spacial score (nSPS) is 16.8. The molecule has 23 heavy (non-hydrogen) atoms. The number of nitrogens with one attached hydrogen (secondary N) is 1. The average molecular weight is 348 g/mol. The van der Waals surface area contributed by atoms with Crippen LogP contribution in [0.25, 0.3) is 0 Å². The molecule has 1 aliphatic carbocycles. The van der Waals surface area contributed by atoms with E-state index >= 15 is 0 Å². The molecule has 0 radical (unpaired) electrons. The Balaban J connectivity index is 2.34. The lowest BCUT2D eigenvalue weighted by Gasteiger charge is -2.18. The molecule has 2 N–H and O–H groups in total. The number of hydrogen-bond donors (Lipinski definition) is 2. The van der Waals surface area contributed by atoms with E-state index in [9.17, 15) is 21.6 Å². The molecule has 1 aliphatic rings. The minimum Gasteiger partial charge on any atom is -0.396 e. The SMILES string of the molecule is N#Cc1ccc(S(=O)(=O)NC(CCO)C2CC2)cc1C(F)(F)F. The van der Waals surface area contributed by atoms with Crippen molar-refractivity contribution in [3.63, 3.8) is 0 Å². The van der Waals surface area contributed by atoms with E-state index in [0.29, 0.717) is 6.07 Å². The molecule has 5 nitrogen and oxygen atoms in total. The molecule has 1 saturated carbocycles. The summed E-state index contributed by atoms with van der Waals surface area (Å²) in [4.78, 5) is -0.549. The molecule has 0 heterocycles. The van der Waals surface area contributed by atoms with Crippen molar-refractivity contribution in [1.82, 2.24) is 4.72 Å². The highest BCUT2D eigenvalue weighted by Crippen LogP contribution is 2.36. The highest BCUT2D eigenvalue weighted by atomic mass is 32.2. The van der Waals surface area contributed by atoms with Crippen LogP contribution in [0.15, 0.2) is 23.1 Å². The Morgan fingerprint density at radius 1 is 1.39 bits per heavy atom. The molecule has 1 atom stereocenters. The average Bonchev–Trinajstić information content (AvgIpc) is 3.29. The van der Waals surface area contributed by atoms with Crippen molar-refractivity contribution in [3.05, 3.63) is 29.3 Å². The van der Waals surface area contributed by atoms with Crippen LogP contribution < -0.4 is 4.72 Å². The molecule has 2 rings (SSSR count). The van der Waals surface area contributed by atoms with Crippen molar-refractivity contribution in [2.75, 3.05) is 6.61 Å². The molecule has 0 spiro atoms. The van der Waals surface area contributed by atoms with E-state index in [2.05, 4.69) is 4.72 Å². The Morgan fingerprint density at radius 2 is 2.04 bits per heavy atom. The topological polar surface area (TPSA) is 90.2 Å². The number of sulfonamides is 1. The summed E-state index contributed by atoms with van der Waals surface area (Å²) >= 11 is 0. The van der Waals surface area contributed by atoms with E-state index in [1.165, 1.54) is 6.07 Å². The third kappa shape index (κ3) is 4.22. The zero-order valence-corrected chi connectivity index (χ0v) is 12.8. The van der Waals surface area contributed by atoms with Crippen molar-refractivity contribution in [2.24, 2.45) is 5.92 Å². The zero-order valence-electron chi connectivity index (χ0n) is 12.0. The molecule has 0 aromatic heterocycles. The Labute approximate surface area is 131 Å². The number of hydrogen-bond acceptors (Lipinski definition) is 4. The number of halogens is 3. The Hall–Kier alpha value is -1.63. The summed E-state index contributed by atoms with van der Waals surface area (Å²) < 4.78 is 65.7. The van der Waals surface area contributed by atoms with E-state index in [1.807, 2.05) is 0 Å². The van der Waals surface area contributed by atoms with E-state index in [-0.39, 0.29) is 18.9 Å². The third-order valence-corrected chi connectivity index (χ3v) is 5.15. The van der Waals surface area contributed by atoms with Crippen LogP contribution in [0.1, 0.15) is 30.4 Å². The van der Waals surface area contributed by atoms with Crippen LogP contribution in [0.3, 0.4) is 0 Å². The van der Waals surface area contributed by atoms with Crippen LogP contribution >= 0.6 is 0 Å². The molecular weight excluding hydrogens is 333 g/mol. The van der Waals surface area contributed by atoms with Gasteiger partial charge >= 0.3 is 6.18 Å². The molecule has 1 fully saturated rings. The fourth-order valence-corrected chi connectivity index (χ4v) is 3.68. The number of nitriles is 1. The van der Waals surface area contributed by atoms with Crippen LogP contribution in [-0.4, -0.2) is 26.2 Å². The fraction of sp³-hybridized carbons (Fsp3) is 0.500. The van der Waals surface area contributed by atoms with Gasteiger partial charge in [0.1, 0.15) is 0 Å². The van der Waals surface area contributed by atoms with Crippen LogP contribution in [0, 0.1) is 17.2 Å². The smallest absolute Gasteiger partial charge is 0.396 e. The van der Waals surface area contributed by atoms with Crippen LogP contribution in [0.5, 0.6) is 0 Å². The molecule has 1 unspecified atom stereocenters. The monoisotopic (exact) mass is 348 g/mol. The lowest BCUT2D eigenvalue weighted by atomic mass is 10.1. The van der Waals surface area contributed by atoms with Crippen LogP contribution in [0.2, 0.25) is 0 Å². The summed E-state index contributed by atoms with van der Waals surface area (Å²) in [5.74, 6) is 0.0948. The van der Waals surface area contributed by atoms with Gasteiger partial charge in [0.05, 0.1) is 22.1 Å². The summed E-state index contributed by atoms with van der Waals surface area (Å²) in [7, 11) is -4.16. The second-order valence-corrected chi connectivity index (χ2v) is 7.11. The summed E-state index contributed by atoms with van der Waals surface area (Å²) in [6, 6.07) is 3.17. The maximum Gasteiger partial charge on any atom is 0.417 e. The third-order valence-electron chi connectivity index (χ3n) is 3.66. The van der Waals surface area contributed by atoms with Gasteiger partial charge in [-0.2, -0.15) is 18.4 Å². The second kappa shape index (κ2) is 6.47. The summed E-state index contributed by atoms with van der Waals surface area (Å²) in [5.41, 5.74) is -1.92. The van der Waals surface area contributed by atoms with E-state index in [4.69, 9.17) is 10.4 Å². The number of alkyl halides is 3. The molecule has 1 aromatic rings. The molecule has 0 amide bonds. The first-order valence-electron chi connectivity index (χ1n) is 6.93. The lowest BCUT2D eigenvalue weighted by Crippen LogP contribution is -2.37. The first-order valence-corrected chi connectivity index (χ1v) is 8.42. The van der Waals surface area contributed by atoms with Gasteiger partial charge in [0.25, 0.3) is 0 Å². The first kappa shape index (κ1) is 17.7. The number of nitrogens with zero attached hydrogens (tertiary/aromatic N) is 1. The second-order valence-electron chi connectivity index (χ2n) is 5.39. The van der Waals surface area contributed by atoms with Crippen molar-refractivity contribution in [2.45, 2.75) is 36.4 Å². The van der Waals surface area contributed by atoms with Crippen molar-refractivity contribution < 1.29 is 26.7 Å². The van der Waals surface area contributed by atoms with E-state index in [1.54, 1.807) is 0 Å². The van der Waals surface area contributed by atoms with Gasteiger partial charge in [-0.05, 0) is 43.4 Å². The Bertz CT molecular complexity index is 722. The summed E-state index contributed by atoms with van der Waals surface area (Å²) in [6.07, 6.45) is -2.99. The molecule has 0 saturated heterocycles. The molecule has 126 valence electrons. The van der Waals surface area contributed by atoms with Crippen LogP contribution in [0.4, 0.5) is 13.2 Å². The van der Waals surface area contributed by atoms with Crippen LogP contribution in [-0.2, 0) is 16.2 Å². The molecular formula is C14H15F3N2O3S. The largest absolute Gasteiger partial charge is 0.417 e. The Morgan fingerprint density at radius 3 is 2.52 bits per heavy atom. The maximum atomic E-state index is 12.9. The summed E-state index contributed by atoms with van der Waals surface area (Å²) in [6.45, 7) is -0.217. The van der Waals surface area contributed by atoms with Gasteiger partial charge in [0, 0.05) is 12.6 Å². The maximum absolute atomic E-state index is 12.9. The van der Waals surface area contributed by atoms with Gasteiger partial charge in [0.15, 0.2) is 0 Å². The minimum absolute atomic E-state index is 0.0948. The standard InChI is InChI=1S/C14H15F3N2O3S/c15-14(16,17)12-7-11(4-3-10(12)8-18)23(21,22)19-13(5-6-20)9-1-2-9/h3-4,7,9,13,19-20H,1-2,5-6H2. The highest BCUT2D eigenvalue weighted by molar-refractivity contribution is 7.89. The number of benzene rings is 1. The van der Waals surface area contributed by atoms with E-state index < -0.39 is 38.3 Å². The van der Waals surface area contributed by atoms with Gasteiger partial charge in [-0.1, -0.05) is 0 Å². The molecule has 9 heteroatoms. The number of rotatable bonds is 6. The van der Waals surface area contributed by atoms with Gasteiger partial charge in [-0.3, -0.25) is 0 Å². The van der Waals surface area contributed by atoms with Gasteiger partial charge in [-0.25, -0.2) is 13.1 Å². The number of aliphatic hydroxyl groups is 1. The zero-order chi connectivity index (χ0) is 17.3. The lowest BCUT2D eigenvalue weighted by molar-refractivity contribution is -0.137. The van der Waals surface area contributed by atoms with Crippen molar-refractivity contribution in [3.8, 4) is 6.07 Å². The first-order chi connectivity index (χ1) is 10.7. The molecule has 0 bridgehead atoms. The molecule has 0 aliphatic heterocycles. The predicted octanol–water partition coefficient (Wildman–Crippen LogP) is 2.02. The highest BCUT2D eigenvalue weighted by Gasteiger charge is 2.37. The predicted molar refractivity (Wildman–Crippen MR) is 74.7 cm³/mol. The quantitative estimate of drug-likeness (QED) is 0.823. The van der Waals surface area contributed by atoms with E-state index in [0.717, 1.165) is 25.0 Å². The van der Waals surface area contributed by atoms with Gasteiger partial charge in [-0.15, -0.1) is 0 Å². The van der Waals surface area contributed by atoms with Gasteiger partial charge < -0.3 is 5.11 Å². The van der Waals surface area contributed by atoms with Crippen molar-refractivity contribution in [1.29, 1.82) is 5.26 Å². The Kier molecular flexibility index (Phi) is 4.98. The molecule has 1 aromatic carbocycles. The van der Waals surface area contributed by atoms with Crippen molar-refractivity contribution >= 4 is 10.0 Å². The number of aliphatic hydroxyl groups excluding tert-OH is 1. The fourth-order valence-electron chi connectivity index (χ4n) is 2.32. The minimum atomic E-state index is -4.82.